The van der Waals surface area contributed by atoms with Gasteiger partial charge in [-0.05, 0) is 200 Å². The quantitative estimate of drug-likeness (QED) is 0.144. The summed E-state index contributed by atoms with van der Waals surface area (Å²) in [7, 11) is 0. The monoisotopic (exact) mass is 1220 g/mol. The van der Waals surface area contributed by atoms with Gasteiger partial charge >= 0.3 is 0 Å². The second-order valence-corrected chi connectivity index (χ2v) is 25.2. The standard InChI is InChI=1S/2C46H30N2/c1-2-14-37(15-3-1)47-43-19-8-6-17-39(43)41-29-35(23-25-45(41)47)36-24-26-46-42(30-36)40-18-7-9-20-44(40)48(46)38-16-10-13-33(28-38)34-22-21-31-11-4-5-12-32(31)27-34;1-2-12-37(13-3-1)47-43-16-8-6-14-39(43)41-29-35(22-26-45(41)47)36-23-27-46-42(30-36)40-15-7-9-17-44(40)48(46)38-24-20-32(21-25-38)34-19-18-31-10-4-5-11-33(31)28-34/h2*1-30H. The van der Waals surface area contributed by atoms with Crippen molar-refractivity contribution in [1.82, 2.24) is 18.3 Å². The molecule has 0 aliphatic heterocycles. The van der Waals surface area contributed by atoms with Gasteiger partial charge in [0, 0.05) is 65.8 Å². The molecule has 0 saturated carbocycles. The molecule has 0 N–H and O–H groups in total. The molecule has 0 aliphatic rings. The Morgan fingerprint density at radius 2 is 0.385 bits per heavy atom. The first-order valence-corrected chi connectivity index (χ1v) is 33.0. The maximum atomic E-state index is 2.41. The summed E-state index contributed by atoms with van der Waals surface area (Å²) in [6.07, 6.45) is 0. The number of fused-ring (bicyclic) bond motifs is 14. The Bertz CT molecular complexity index is 6440. The largest absolute Gasteiger partial charge is 0.309 e. The van der Waals surface area contributed by atoms with Gasteiger partial charge in [-0.2, -0.15) is 0 Å². The van der Waals surface area contributed by atoms with E-state index in [2.05, 4.69) is 382 Å². The minimum atomic E-state index is 1.16. The molecular formula is C92H60N4. The van der Waals surface area contributed by atoms with Gasteiger partial charge in [0.2, 0.25) is 0 Å². The average Bonchev–Trinajstić information content (AvgIpc) is 1.61. The fraction of sp³-hybridized carbons (Fsp3) is 0. The summed E-state index contributed by atoms with van der Waals surface area (Å²) >= 11 is 0. The van der Waals surface area contributed by atoms with Crippen molar-refractivity contribution in [3.05, 3.63) is 364 Å². The van der Waals surface area contributed by atoms with E-state index in [-0.39, 0.29) is 0 Å². The normalized spacial score (nSPS) is 11.8. The molecule has 20 rings (SSSR count). The van der Waals surface area contributed by atoms with Crippen LogP contribution >= 0.6 is 0 Å². The highest BCUT2D eigenvalue weighted by atomic mass is 15.0. The van der Waals surface area contributed by atoms with E-state index in [0.717, 1.165) is 11.4 Å². The molecule has 0 radical (unpaired) electrons. The summed E-state index contributed by atoms with van der Waals surface area (Å²) in [5.41, 5.74) is 24.2. The van der Waals surface area contributed by atoms with Crippen LogP contribution in [-0.4, -0.2) is 18.3 Å². The SMILES string of the molecule is c1ccc(-n2c3ccccc3c3cc(-c4ccc5c(c4)c4ccccc4n5-c4ccc(-c5ccc6ccccc6c5)cc4)ccc32)cc1.c1ccc(-n2c3ccccc3c3cc(-c4ccc5c(c4)c4ccccc4n5-c4cccc(-c5ccc6ccccc6c5)c4)ccc32)cc1. The van der Waals surface area contributed by atoms with Gasteiger partial charge in [-0.15, -0.1) is 0 Å². The van der Waals surface area contributed by atoms with Gasteiger partial charge in [0.05, 0.1) is 44.1 Å². The molecule has 0 saturated heterocycles. The number of hydrogen-bond acceptors (Lipinski definition) is 0. The van der Waals surface area contributed by atoms with Crippen LogP contribution in [0.1, 0.15) is 0 Å². The molecular weight excluding hydrogens is 1160 g/mol. The van der Waals surface area contributed by atoms with E-state index in [1.165, 1.54) is 165 Å². The van der Waals surface area contributed by atoms with Gasteiger partial charge in [-0.1, -0.05) is 231 Å². The highest BCUT2D eigenvalue weighted by Gasteiger charge is 2.20. The van der Waals surface area contributed by atoms with Crippen molar-refractivity contribution >= 4 is 109 Å². The summed E-state index contributed by atoms with van der Waals surface area (Å²) in [6.45, 7) is 0. The van der Waals surface area contributed by atoms with E-state index < -0.39 is 0 Å². The van der Waals surface area contributed by atoms with Crippen molar-refractivity contribution in [2.24, 2.45) is 0 Å². The molecule has 4 nitrogen and oxygen atoms in total. The van der Waals surface area contributed by atoms with Crippen molar-refractivity contribution in [1.29, 1.82) is 0 Å². The third kappa shape index (κ3) is 9.14. The zero-order chi connectivity index (χ0) is 63.2. The third-order valence-corrected chi connectivity index (χ3v) is 19.8. The molecule has 0 spiro atoms. The average molecular weight is 1220 g/mol. The van der Waals surface area contributed by atoms with E-state index in [1.54, 1.807) is 0 Å². The van der Waals surface area contributed by atoms with E-state index >= 15 is 0 Å². The van der Waals surface area contributed by atoms with Crippen LogP contribution in [0.25, 0.3) is 176 Å². The molecule has 4 heteroatoms. The van der Waals surface area contributed by atoms with Gasteiger partial charge in [0.25, 0.3) is 0 Å². The second kappa shape index (κ2) is 22.5. The van der Waals surface area contributed by atoms with Gasteiger partial charge in [-0.25, -0.2) is 0 Å². The lowest BCUT2D eigenvalue weighted by atomic mass is 10.0. The topological polar surface area (TPSA) is 19.7 Å². The number of benzene rings is 16. The number of nitrogens with zero attached hydrogens (tertiary/aromatic N) is 4. The molecule has 0 aliphatic carbocycles. The van der Waals surface area contributed by atoms with E-state index in [1.807, 2.05) is 0 Å². The Morgan fingerprint density at radius 3 is 0.781 bits per heavy atom. The first-order chi connectivity index (χ1) is 47.6. The molecule has 0 fully saturated rings. The molecule has 4 aromatic heterocycles. The summed E-state index contributed by atoms with van der Waals surface area (Å²) in [5, 5.41) is 15.1. The van der Waals surface area contributed by atoms with E-state index in [9.17, 15) is 0 Å². The van der Waals surface area contributed by atoms with Crippen molar-refractivity contribution in [3.8, 4) is 67.3 Å². The summed E-state index contributed by atoms with van der Waals surface area (Å²) < 4.78 is 9.55. The van der Waals surface area contributed by atoms with Gasteiger partial charge in [0.15, 0.2) is 0 Å². The molecule has 448 valence electrons. The smallest absolute Gasteiger partial charge is 0.0541 e. The second-order valence-electron chi connectivity index (χ2n) is 25.2. The van der Waals surface area contributed by atoms with Crippen molar-refractivity contribution in [2.75, 3.05) is 0 Å². The molecule has 0 bridgehead atoms. The molecule has 0 atom stereocenters. The third-order valence-electron chi connectivity index (χ3n) is 19.8. The van der Waals surface area contributed by atoms with Crippen LogP contribution in [0.15, 0.2) is 364 Å². The van der Waals surface area contributed by atoms with E-state index in [4.69, 9.17) is 0 Å². The van der Waals surface area contributed by atoms with Crippen LogP contribution in [-0.2, 0) is 0 Å². The maximum absolute atomic E-state index is 2.41. The minimum Gasteiger partial charge on any atom is -0.309 e. The fourth-order valence-electron chi connectivity index (χ4n) is 15.2. The highest BCUT2D eigenvalue weighted by molar-refractivity contribution is 6.15. The lowest BCUT2D eigenvalue weighted by molar-refractivity contribution is 1.18. The number of hydrogen-bond donors (Lipinski definition) is 0. The lowest BCUT2D eigenvalue weighted by Crippen LogP contribution is -1.94. The predicted octanol–water partition coefficient (Wildman–Crippen LogP) is 24.7. The Morgan fingerprint density at radius 1 is 0.125 bits per heavy atom. The summed E-state index contributed by atoms with van der Waals surface area (Å²) in [5.74, 6) is 0. The van der Waals surface area contributed by atoms with Crippen LogP contribution in [0.4, 0.5) is 0 Å². The Labute approximate surface area is 554 Å². The fourth-order valence-corrected chi connectivity index (χ4v) is 15.2. The molecule has 0 unspecified atom stereocenters. The minimum absolute atomic E-state index is 1.16. The molecule has 16 aromatic carbocycles. The number of para-hydroxylation sites is 6. The van der Waals surface area contributed by atoms with Gasteiger partial charge in [0.1, 0.15) is 0 Å². The molecule has 4 heterocycles. The molecule has 20 aromatic rings. The van der Waals surface area contributed by atoms with Crippen molar-refractivity contribution in [3.63, 3.8) is 0 Å². The first kappa shape index (κ1) is 54.9. The van der Waals surface area contributed by atoms with Crippen LogP contribution < -0.4 is 0 Å². The Kier molecular flexibility index (Phi) is 12.9. The molecule has 0 amide bonds. The number of rotatable bonds is 8. The van der Waals surface area contributed by atoms with Crippen molar-refractivity contribution in [2.45, 2.75) is 0 Å². The van der Waals surface area contributed by atoms with Crippen LogP contribution in [0, 0.1) is 0 Å². The Hall–Kier alpha value is -12.8. The first-order valence-electron chi connectivity index (χ1n) is 33.0. The highest BCUT2D eigenvalue weighted by Crippen LogP contribution is 2.42. The van der Waals surface area contributed by atoms with Crippen LogP contribution in [0.5, 0.6) is 0 Å². The van der Waals surface area contributed by atoms with Crippen LogP contribution in [0.2, 0.25) is 0 Å². The zero-order valence-electron chi connectivity index (χ0n) is 52.4. The summed E-state index contributed by atoms with van der Waals surface area (Å²) in [4.78, 5) is 0. The van der Waals surface area contributed by atoms with Gasteiger partial charge < -0.3 is 18.3 Å². The molecule has 96 heavy (non-hydrogen) atoms. The zero-order valence-corrected chi connectivity index (χ0v) is 52.4. The summed E-state index contributed by atoms with van der Waals surface area (Å²) in [6, 6.07) is 132. The van der Waals surface area contributed by atoms with Crippen molar-refractivity contribution < 1.29 is 0 Å². The Balaban J connectivity index is 0.000000135. The van der Waals surface area contributed by atoms with Gasteiger partial charge in [-0.3, -0.25) is 0 Å². The number of aromatic nitrogens is 4. The van der Waals surface area contributed by atoms with Crippen LogP contribution in [0.3, 0.4) is 0 Å². The van der Waals surface area contributed by atoms with E-state index in [0.29, 0.717) is 0 Å². The predicted molar refractivity (Wildman–Crippen MR) is 407 cm³/mol. The maximum Gasteiger partial charge on any atom is 0.0541 e. The lowest BCUT2D eigenvalue weighted by Gasteiger charge is -2.11.